The van der Waals surface area contributed by atoms with Crippen molar-refractivity contribution in [2.75, 3.05) is 13.7 Å². The van der Waals surface area contributed by atoms with Crippen molar-refractivity contribution >= 4 is 11.8 Å². The molecular formula is C14H14O6. The number of hydrogen-bond acceptors (Lipinski definition) is 5. The van der Waals surface area contributed by atoms with E-state index in [1.807, 2.05) is 0 Å². The van der Waals surface area contributed by atoms with Gasteiger partial charge in [0.05, 0.1) is 12.7 Å². The monoisotopic (exact) mass is 278 g/mol. The molecule has 1 unspecified atom stereocenters. The second kappa shape index (κ2) is 5.44. The van der Waals surface area contributed by atoms with Crippen LogP contribution in [-0.4, -0.2) is 41.5 Å². The largest absolute Gasteiger partial charge is 0.497 e. The first-order chi connectivity index (χ1) is 9.43. The fraction of sp³-hybridized carbons (Fsp3) is 0.286. The molecule has 6 heteroatoms. The average molecular weight is 278 g/mol. The highest BCUT2D eigenvalue weighted by atomic mass is 16.6. The number of carbonyl (C=O) groups excluding carboxylic acids is 1. The minimum absolute atomic E-state index is 0.0492. The van der Waals surface area contributed by atoms with Gasteiger partial charge in [-0.1, -0.05) is 0 Å². The third-order valence-corrected chi connectivity index (χ3v) is 2.98. The molecule has 20 heavy (non-hydrogen) atoms. The number of benzene rings is 1. The SMILES string of the molecule is COc1ccc(C(=O)O)c(CC2(O)C=CC(=O)CO2)c1. The lowest BCUT2D eigenvalue weighted by molar-refractivity contribution is -0.175. The molecule has 1 aromatic carbocycles. The van der Waals surface area contributed by atoms with E-state index in [9.17, 15) is 14.7 Å². The van der Waals surface area contributed by atoms with E-state index in [1.54, 1.807) is 0 Å². The molecule has 0 amide bonds. The molecule has 6 nitrogen and oxygen atoms in total. The van der Waals surface area contributed by atoms with Gasteiger partial charge < -0.3 is 19.7 Å². The Bertz CT molecular complexity index is 577. The third kappa shape index (κ3) is 3.04. The maximum Gasteiger partial charge on any atom is 0.335 e. The van der Waals surface area contributed by atoms with Crippen LogP contribution in [0.15, 0.2) is 30.4 Å². The molecule has 2 N–H and O–H groups in total. The van der Waals surface area contributed by atoms with E-state index < -0.39 is 11.8 Å². The Kier molecular flexibility index (Phi) is 3.87. The van der Waals surface area contributed by atoms with Gasteiger partial charge in [-0.2, -0.15) is 0 Å². The first-order valence-corrected chi connectivity index (χ1v) is 5.92. The molecule has 2 rings (SSSR count). The molecule has 0 aliphatic carbocycles. The van der Waals surface area contributed by atoms with Gasteiger partial charge in [0, 0.05) is 6.42 Å². The standard InChI is InChI=1S/C14H14O6/c1-19-11-2-3-12(13(16)17)9(6-11)7-14(18)5-4-10(15)8-20-14/h2-6,18H,7-8H2,1H3,(H,16,17). The first kappa shape index (κ1) is 14.2. The van der Waals surface area contributed by atoms with Crippen LogP contribution in [0.25, 0.3) is 0 Å². The lowest BCUT2D eigenvalue weighted by Gasteiger charge is -2.27. The van der Waals surface area contributed by atoms with Gasteiger partial charge in [0.25, 0.3) is 0 Å². The zero-order valence-electron chi connectivity index (χ0n) is 10.8. The Hall–Kier alpha value is -2.18. The van der Waals surface area contributed by atoms with Crippen LogP contribution in [0.2, 0.25) is 0 Å². The van der Waals surface area contributed by atoms with Crippen molar-refractivity contribution in [3.63, 3.8) is 0 Å². The van der Waals surface area contributed by atoms with Crippen molar-refractivity contribution < 1.29 is 29.3 Å². The molecule has 0 fully saturated rings. The number of rotatable bonds is 4. The Morgan fingerprint density at radius 3 is 2.80 bits per heavy atom. The van der Waals surface area contributed by atoms with Crippen LogP contribution in [0.3, 0.4) is 0 Å². The van der Waals surface area contributed by atoms with Crippen molar-refractivity contribution in [2.45, 2.75) is 12.2 Å². The van der Waals surface area contributed by atoms with E-state index in [-0.39, 0.29) is 24.4 Å². The van der Waals surface area contributed by atoms with Crippen molar-refractivity contribution in [3.8, 4) is 5.75 Å². The van der Waals surface area contributed by atoms with Crippen molar-refractivity contribution in [2.24, 2.45) is 0 Å². The number of ether oxygens (including phenoxy) is 2. The van der Waals surface area contributed by atoms with Gasteiger partial charge >= 0.3 is 5.97 Å². The Balaban J connectivity index is 2.34. The number of aliphatic hydroxyl groups is 1. The molecule has 0 bridgehead atoms. The zero-order chi connectivity index (χ0) is 14.8. The highest BCUT2D eigenvalue weighted by molar-refractivity contribution is 5.92. The summed E-state index contributed by atoms with van der Waals surface area (Å²) < 4.78 is 10.1. The van der Waals surface area contributed by atoms with E-state index in [0.29, 0.717) is 11.3 Å². The van der Waals surface area contributed by atoms with Crippen LogP contribution < -0.4 is 4.74 Å². The van der Waals surface area contributed by atoms with Gasteiger partial charge in [-0.15, -0.1) is 0 Å². The smallest absolute Gasteiger partial charge is 0.335 e. The number of hydrogen-bond donors (Lipinski definition) is 2. The number of carboxylic acids is 1. The summed E-state index contributed by atoms with van der Waals surface area (Å²) in [6.07, 6.45) is 2.36. The topological polar surface area (TPSA) is 93.1 Å². The van der Waals surface area contributed by atoms with Gasteiger partial charge in [0.2, 0.25) is 0 Å². The summed E-state index contributed by atoms with van der Waals surface area (Å²) in [6.45, 7) is -0.237. The number of ketones is 1. The lowest BCUT2D eigenvalue weighted by Crippen LogP contribution is -2.38. The second-order valence-corrected chi connectivity index (χ2v) is 4.44. The van der Waals surface area contributed by atoms with Crippen LogP contribution in [0.4, 0.5) is 0 Å². The van der Waals surface area contributed by atoms with Gasteiger partial charge in [-0.05, 0) is 35.9 Å². The summed E-state index contributed by atoms with van der Waals surface area (Å²) in [5.74, 6) is -2.57. The molecule has 0 radical (unpaired) electrons. The Labute approximate surface area is 115 Å². The predicted octanol–water partition coefficient (Wildman–Crippen LogP) is 0.780. The molecule has 1 aromatic rings. The molecule has 0 aromatic heterocycles. The Morgan fingerprint density at radius 2 is 2.25 bits per heavy atom. The maximum atomic E-state index is 11.2. The molecule has 106 valence electrons. The summed E-state index contributed by atoms with van der Waals surface area (Å²) in [5.41, 5.74) is 0.409. The van der Waals surface area contributed by atoms with Crippen LogP contribution in [0, 0.1) is 0 Å². The molecule has 0 saturated carbocycles. The molecule has 1 aliphatic heterocycles. The molecule has 0 spiro atoms. The van der Waals surface area contributed by atoms with E-state index >= 15 is 0 Å². The van der Waals surface area contributed by atoms with Crippen LogP contribution in [-0.2, 0) is 16.0 Å². The normalized spacial score (nSPS) is 21.8. The fourth-order valence-electron chi connectivity index (χ4n) is 1.95. The second-order valence-electron chi connectivity index (χ2n) is 4.44. The van der Waals surface area contributed by atoms with E-state index in [2.05, 4.69) is 0 Å². The Morgan fingerprint density at radius 1 is 1.50 bits per heavy atom. The predicted molar refractivity (Wildman–Crippen MR) is 68.7 cm³/mol. The molecular weight excluding hydrogens is 264 g/mol. The lowest BCUT2D eigenvalue weighted by atomic mass is 9.97. The number of methoxy groups -OCH3 is 1. The summed E-state index contributed by atoms with van der Waals surface area (Å²) >= 11 is 0. The number of carbonyl (C=O) groups is 2. The van der Waals surface area contributed by atoms with Crippen LogP contribution in [0.5, 0.6) is 5.75 Å². The maximum absolute atomic E-state index is 11.2. The molecule has 1 atom stereocenters. The highest BCUT2D eigenvalue weighted by Crippen LogP contribution is 2.25. The molecule has 1 heterocycles. The summed E-state index contributed by atoms with van der Waals surface area (Å²) in [6, 6.07) is 4.45. The zero-order valence-corrected chi connectivity index (χ0v) is 10.8. The number of carboxylic acid groups (broad SMARTS) is 1. The summed E-state index contributed by atoms with van der Waals surface area (Å²) in [4.78, 5) is 22.2. The summed E-state index contributed by atoms with van der Waals surface area (Å²) in [7, 11) is 1.46. The highest BCUT2D eigenvalue weighted by Gasteiger charge is 2.31. The molecule has 0 saturated heterocycles. The molecule has 1 aliphatic rings. The number of aromatic carboxylic acids is 1. The van der Waals surface area contributed by atoms with Gasteiger partial charge in [0.1, 0.15) is 12.4 Å². The van der Waals surface area contributed by atoms with Crippen LogP contribution >= 0.6 is 0 Å². The minimum Gasteiger partial charge on any atom is -0.497 e. The van der Waals surface area contributed by atoms with Crippen molar-refractivity contribution in [3.05, 3.63) is 41.5 Å². The minimum atomic E-state index is -1.69. The van der Waals surface area contributed by atoms with Crippen LogP contribution in [0.1, 0.15) is 15.9 Å². The average Bonchev–Trinajstić information content (AvgIpc) is 2.42. The van der Waals surface area contributed by atoms with E-state index in [4.69, 9.17) is 14.6 Å². The van der Waals surface area contributed by atoms with Gasteiger partial charge in [0.15, 0.2) is 11.6 Å². The van der Waals surface area contributed by atoms with Gasteiger partial charge in [-0.3, -0.25) is 4.79 Å². The van der Waals surface area contributed by atoms with Crippen molar-refractivity contribution in [1.29, 1.82) is 0 Å². The van der Waals surface area contributed by atoms with Crippen molar-refractivity contribution in [1.82, 2.24) is 0 Å². The van der Waals surface area contributed by atoms with E-state index in [0.717, 1.165) is 0 Å². The third-order valence-electron chi connectivity index (χ3n) is 2.98. The van der Waals surface area contributed by atoms with Gasteiger partial charge in [-0.25, -0.2) is 4.79 Å². The summed E-state index contributed by atoms with van der Waals surface area (Å²) in [5, 5.41) is 19.4. The quantitative estimate of drug-likeness (QED) is 0.845. The van der Waals surface area contributed by atoms with E-state index in [1.165, 1.54) is 37.5 Å². The first-order valence-electron chi connectivity index (χ1n) is 5.92. The fourth-order valence-corrected chi connectivity index (χ4v) is 1.95.